The molecule has 23 heavy (non-hydrogen) atoms. The summed E-state index contributed by atoms with van der Waals surface area (Å²) in [7, 11) is 0. The lowest BCUT2D eigenvalue weighted by Crippen LogP contribution is -2.45. The van der Waals surface area contributed by atoms with Gasteiger partial charge in [0, 0.05) is 38.6 Å². The van der Waals surface area contributed by atoms with Crippen LogP contribution in [0.5, 0.6) is 0 Å². The molecule has 2 aliphatic heterocycles. The van der Waals surface area contributed by atoms with Gasteiger partial charge in [0.15, 0.2) is 5.96 Å². The number of guanidine groups is 1. The monoisotopic (exact) mass is 322 g/mol. The van der Waals surface area contributed by atoms with Crippen molar-refractivity contribution in [3.8, 4) is 0 Å². The number of carbonyl (C=O) groups excluding carboxylic acids is 1. The number of hydrogen-bond donors (Lipinski definition) is 2. The van der Waals surface area contributed by atoms with Gasteiger partial charge in [-0.2, -0.15) is 0 Å². The molecular formula is C17H30N4O2. The Morgan fingerprint density at radius 1 is 1.48 bits per heavy atom. The van der Waals surface area contributed by atoms with Crippen LogP contribution in [0, 0.1) is 0 Å². The van der Waals surface area contributed by atoms with E-state index < -0.39 is 0 Å². The Hall–Kier alpha value is -1.56. The van der Waals surface area contributed by atoms with Crippen LogP contribution in [0.3, 0.4) is 0 Å². The minimum Gasteiger partial charge on any atom is -0.377 e. The van der Waals surface area contributed by atoms with E-state index in [0.29, 0.717) is 12.5 Å². The molecule has 1 amide bonds. The van der Waals surface area contributed by atoms with E-state index in [0.717, 1.165) is 64.6 Å². The maximum atomic E-state index is 11.8. The Bertz CT molecular complexity index is 448. The maximum absolute atomic E-state index is 11.8. The molecular weight excluding hydrogens is 292 g/mol. The van der Waals surface area contributed by atoms with Gasteiger partial charge < -0.3 is 20.3 Å². The van der Waals surface area contributed by atoms with Crippen LogP contribution in [-0.2, 0) is 9.53 Å². The van der Waals surface area contributed by atoms with Crippen molar-refractivity contribution >= 4 is 11.9 Å². The average molecular weight is 322 g/mol. The Balaban J connectivity index is 1.79. The second kappa shape index (κ2) is 9.55. The summed E-state index contributed by atoms with van der Waals surface area (Å²) in [6, 6.07) is 0.297. The summed E-state index contributed by atoms with van der Waals surface area (Å²) in [5.74, 6) is 1.10. The largest absolute Gasteiger partial charge is 0.377 e. The summed E-state index contributed by atoms with van der Waals surface area (Å²) in [6.07, 6.45) is 5.75. The fraction of sp³-hybridized carbons (Fsp3) is 0.765. The van der Waals surface area contributed by atoms with Gasteiger partial charge in [-0.15, -0.1) is 0 Å². The number of carbonyl (C=O) groups is 1. The zero-order valence-electron chi connectivity index (χ0n) is 14.4. The minimum absolute atomic E-state index is 0.239. The van der Waals surface area contributed by atoms with Crippen LogP contribution in [0.1, 0.15) is 39.5 Å². The molecule has 0 spiro atoms. The minimum atomic E-state index is 0.239. The van der Waals surface area contributed by atoms with E-state index in [1.165, 1.54) is 5.57 Å². The predicted octanol–water partition coefficient (Wildman–Crippen LogP) is 1.29. The number of rotatable bonds is 6. The Morgan fingerprint density at radius 2 is 2.35 bits per heavy atom. The van der Waals surface area contributed by atoms with E-state index in [9.17, 15) is 4.79 Å². The van der Waals surface area contributed by atoms with Gasteiger partial charge in [0.2, 0.25) is 5.91 Å². The lowest BCUT2D eigenvalue weighted by Gasteiger charge is -2.19. The molecule has 1 atom stereocenters. The van der Waals surface area contributed by atoms with Gasteiger partial charge in [0.1, 0.15) is 0 Å². The SMILES string of the molecule is CCNC(=NCCC1=CCOCC1)NC1CCN(C(=O)CC)C1. The topological polar surface area (TPSA) is 66.0 Å². The molecule has 2 rings (SSSR count). The third-order valence-corrected chi connectivity index (χ3v) is 4.29. The molecule has 2 N–H and O–H groups in total. The zero-order valence-corrected chi connectivity index (χ0v) is 14.4. The van der Waals surface area contributed by atoms with Gasteiger partial charge in [-0.05, 0) is 26.2 Å². The van der Waals surface area contributed by atoms with Crippen molar-refractivity contribution in [2.24, 2.45) is 4.99 Å². The number of ether oxygens (including phenoxy) is 1. The lowest BCUT2D eigenvalue weighted by atomic mass is 10.1. The fourth-order valence-electron chi connectivity index (χ4n) is 2.95. The normalized spacial score (nSPS) is 22.0. The molecule has 0 aliphatic carbocycles. The van der Waals surface area contributed by atoms with Crippen LogP contribution in [0.4, 0.5) is 0 Å². The first-order valence-corrected chi connectivity index (χ1v) is 8.81. The number of nitrogens with zero attached hydrogens (tertiary/aromatic N) is 2. The van der Waals surface area contributed by atoms with Crippen molar-refractivity contribution in [3.63, 3.8) is 0 Å². The van der Waals surface area contributed by atoms with Crippen molar-refractivity contribution in [1.82, 2.24) is 15.5 Å². The second-order valence-corrected chi connectivity index (χ2v) is 6.02. The molecule has 0 bridgehead atoms. The molecule has 2 aliphatic rings. The highest BCUT2D eigenvalue weighted by atomic mass is 16.5. The lowest BCUT2D eigenvalue weighted by molar-refractivity contribution is -0.129. The Kier molecular flexibility index (Phi) is 7.39. The van der Waals surface area contributed by atoms with Gasteiger partial charge in [0.05, 0.1) is 13.2 Å². The first kappa shape index (κ1) is 17.8. The molecule has 1 fully saturated rings. The van der Waals surface area contributed by atoms with Gasteiger partial charge in [-0.1, -0.05) is 18.6 Å². The highest BCUT2D eigenvalue weighted by molar-refractivity contribution is 5.80. The molecule has 0 aromatic heterocycles. The molecule has 0 aromatic carbocycles. The van der Waals surface area contributed by atoms with E-state index in [-0.39, 0.29) is 5.91 Å². The molecule has 6 heteroatoms. The molecule has 0 aromatic rings. The highest BCUT2D eigenvalue weighted by Gasteiger charge is 2.25. The molecule has 130 valence electrons. The standard InChI is InChI=1S/C17H30N4O2/c1-3-16(22)21-10-6-15(13-21)20-17(18-4-2)19-9-5-14-7-11-23-12-8-14/h7,15H,3-6,8-13H2,1-2H3,(H2,18,19,20). The molecule has 2 heterocycles. The molecule has 0 saturated carbocycles. The molecule has 0 radical (unpaired) electrons. The van der Waals surface area contributed by atoms with E-state index >= 15 is 0 Å². The Labute approximate surface area is 139 Å². The summed E-state index contributed by atoms with van der Waals surface area (Å²) < 4.78 is 5.32. The van der Waals surface area contributed by atoms with Crippen LogP contribution in [0.25, 0.3) is 0 Å². The quantitative estimate of drug-likeness (QED) is 0.439. The van der Waals surface area contributed by atoms with Gasteiger partial charge in [-0.25, -0.2) is 0 Å². The van der Waals surface area contributed by atoms with Crippen molar-refractivity contribution in [2.45, 2.75) is 45.6 Å². The van der Waals surface area contributed by atoms with E-state index in [1.54, 1.807) is 0 Å². The number of aliphatic imine (C=N–C) groups is 1. The second-order valence-electron chi connectivity index (χ2n) is 6.02. The van der Waals surface area contributed by atoms with Crippen LogP contribution >= 0.6 is 0 Å². The van der Waals surface area contributed by atoms with Crippen LogP contribution in [-0.4, -0.2) is 62.2 Å². The molecule has 1 saturated heterocycles. The van der Waals surface area contributed by atoms with Crippen molar-refractivity contribution < 1.29 is 9.53 Å². The molecule has 1 unspecified atom stereocenters. The summed E-state index contributed by atoms with van der Waals surface area (Å²) in [4.78, 5) is 18.4. The average Bonchev–Trinajstić information content (AvgIpc) is 3.04. The fourth-order valence-corrected chi connectivity index (χ4v) is 2.95. The number of hydrogen-bond acceptors (Lipinski definition) is 3. The van der Waals surface area contributed by atoms with Crippen LogP contribution < -0.4 is 10.6 Å². The van der Waals surface area contributed by atoms with Crippen molar-refractivity contribution in [1.29, 1.82) is 0 Å². The number of nitrogens with one attached hydrogen (secondary N) is 2. The third kappa shape index (κ3) is 5.86. The third-order valence-electron chi connectivity index (χ3n) is 4.29. The van der Waals surface area contributed by atoms with Gasteiger partial charge >= 0.3 is 0 Å². The van der Waals surface area contributed by atoms with E-state index in [1.807, 2.05) is 11.8 Å². The summed E-state index contributed by atoms with van der Waals surface area (Å²) >= 11 is 0. The molecule has 6 nitrogen and oxygen atoms in total. The first-order valence-electron chi connectivity index (χ1n) is 8.81. The zero-order chi connectivity index (χ0) is 16.5. The van der Waals surface area contributed by atoms with Crippen LogP contribution in [0.2, 0.25) is 0 Å². The van der Waals surface area contributed by atoms with Gasteiger partial charge in [0.25, 0.3) is 0 Å². The number of amides is 1. The van der Waals surface area contributed by atoms with Crippen LogP contribution in [0.15, 0.2) is 16.6 Å². The van der Waals surface area contributed by atoms with Crippen molar-refractivity contribution in [2.75, 3.05) is 39.4 Å². The van der Waals surface area contributed by atoms with Crippen molar-refractivity contribution in [3.05, 3.63) is 11.6 Å². The highest BCUT2D eigenvalue weighted by Crippen LogP contribution is 2.12. The number of likely N-dealkylation sites (tertiary alicyclic amines) is 1. The summed E-state index contributed by atoms with van der Waals surface area (Å²) in [6.45, 7) is 8.80. The maximum Gasteiger partial charge on any atom is 0.222 e. The predicted molar refractivity (Wildman–Crippen MR) is 92.5 cm³/mol. The summed E-state index contributed by atoms with van der Waals surface area (Å²) in [5.41, 5.74) is 1.44. The van der Waals surface area contributed by atoms with E-state index in [2.05, 4.69) is 28.6 Å². The van der Waals surface area contributed by atoms with E-state index in [4.69, 9.17) is 4.74 Å². The Morgan fingerprint density at radius 3 is 3.04 bits per heavy atom. The summed E-state index contributed by atoms with van der Waals surface area (Å²) in [5, 5.41) is 6.76. The smallest absolute Gasteiger partial charge is 0.222 e. The first-order chi connectivity index (χ1) is 11.2. The van der Waals surface area contributed by atoms with Gasteiger partial charge in [-0.3, -0.25) is 9.79 Å².